The number of hydrogen-bond acceptors (Lipinski definition) is 3. The summed E-state index contributed by atoms with van der Waals surface area (Å²) in [4.78, 5) is 17.5. The van der Waals surface area contributed by atoms with Gasteiger partial charge in [0, 0.05) is 57.3 Å². The molecule has 0 amide bonds. The van der Waals surface area contributed by atoms with Crippen LogP contribution >= 0.6 is 11.6 Å². The molecule has 0 aliphatic carbocycles. The lowest BCUT2D eigenvalue weighted by Gasteiger charge is -2.08. The Bertz CT molecular complexity index is 1410. The topological polar surface area (TPSA) is 53.9 Å². The van der Waals surface area contributed by atoms with Crippen LogP contribution in [0.3, 0.4) is 0 Å². The summed E-state index contributed by atoms with van der Waals surface area (Å²) in [6.07, 6.45) is 6.42. The number of nitrogens with zero attached hydrogens (tertiary/aromatic N) is 3. The fraction of sp³-hybridized carbons (Fsp3) is 0.0455. The minimum Gasteiger partial charge on any atom is -0.360 e. The Labute approximate surface area is 159 Å². The summed E-state index contributed by atoms with van der Waals surface area (Å²) < 4.78 is 0. The molecule has 1 aliphatic heterocycles. The van der Waals surface area contributed by atoms with E-state index in [1.165, 1.54) is 5.56 Å². The molecule has 0 saturated carbocycles. The molecule has 1 aliphatic rings. The molecule has 6 rings (SSSR count). The van der Waals surface area contributed by atoms with Gasteiger partial charge in [-0.25, -0.2) is 0 Å². The summed E-state index contributed by atoms with van der Waals surface area (Å²) in [6, 6.07) is 14.0. The Morgan fingerprint density at radius 2 is 1.67 bits per heavy atom. The van der Waals surface area contributed by atoms with Gasteiger partial charge in [0.05, 0.1) is 22.4 Å². The SMILES string of the molecule is Clc1ccc2[nH]cc(C3=Nc4c(c5cccnc5c5ncccc45)C3)c2c1. The summed E-state index contributed by atoms with van der Waals surface area (Å²) in [7, 11) is 0. The van der Waals surface area contributed by atoms with Crippen molar-refractivity contribution in [3.8, 4) is 0 Å². The second-order valence-electron chi connectivity index (χ2n) is 6.75. The summed E-state index contributed by atoms with van der Waals surface area (Å²) >= 11 is 6.23. The number of aliphatic imine (C=N–C) groups is 1. The maximum absolute atomic E-state index is 6.23. The van der Waals surface area contributed by atoms with Crippen molar-refractivity contribution in [1.82, 2.24) is 15.0 Å². The molecular formula is C22H13ClN4. The number of hydrogen-bond donors (Lipinski definition) is 1. The van der Waals surface area contributed by atoms with E-state index in [9.17, 15) is 0 Å². The molecule has 1 N–H and O–H groups in total. The first kappa shape index (κ1) is 14.9. The zero-order chi connectivity index (χ0) is 18.0. The average molecular weight is 369 g/mol. The van der Waals surface area contributed by atoms with Crippen LogP contribution in [0.25, 0.3) is 32.7 Å². The number of pyridine rings is 2. The zero-order valence-electron chi connectivity index (χ0n) is 14.2. The average Bonchev–Trinajstić information content (AvgIpc) is 3.32. The van der Waals surface area contributed by atoms with Crippen molar-refractivity contribution in [2.75, 3.05) is 0 Å². The molecule has 0 bridgehead atoms. The third kappa shape index (κ3) is 2.07. The van der Waals surface area contributed by atoms with E-state index < -0.39 is 0 Å². The van der Waals surface area contributed by atoms with Gasteiger partial charge in [0.1, 0.15) is 0 Å². The number of fused-ring (bicyclic) bond motifs is 7. The Morgan fingerprint density at radius 1 is 0.889 bits per heavy atom. The normalized spacial score (nSPS) is 13.4. The molecule has 0 radical (unpaired) electrons. The minimum atomic E-state index is 0.726. The highest BCUT2D eigenvalue weighted by Crippen LogP contribution is 2.41. The molecule has 0 spiro atoms. The van der Waals surface area contributed by atoms with Crippen LogP contribution in [0.5, 0.6) is 0 Å². The van der Waals surface area contributed by atoms with Crippen LogP contribution < -0.4 is 0 Å². The molecule has 3 aromatic heterocycles. The molecule has 128 valence electrons. The highest BCUT2D eigenvalue weighted by atomic mass is 35.5. The highest BCUT2D eigenvalue weighted by molar-refractivity contribution is 6.31. The fourth-order valence-electron chi connectivity index (χ4n) is 4.05. The van der Waals surface area contributed by atoms with Gasteiger partial charge >= 0.3 is 0 Å². The molecule has 0 unspecified atom stereocenters. The maximum Gasteiger partial charge on any atom is 0.0986 e. The molecule has 0 atom stereocenters. The molecule has 2 aromatic carbocycles. The van der Waals surface area contributed by atoms with Gasteiger partial charge in [0.2, 0.25) is 0 Å². The summed E-state index contributed by atoms with van der Waals surface area (Å²) in [5.74, 6) is 0. The first-order valence-electron chi connectivity index (χ1n) is 8.78. The predicted octanol–water partition coefficient (Wildman–Crippen LogP) is 5.59. The third-order valence-electron chi connectivity index (χ3n) is 5.25. The highest BCUT2D eigenvalue weighted by Gasteiger charge is 2.24. The molecule has 27 heavy (non-hydrogen) atoms. The Kier molecular flexibility index (Phi) is 2.96. The van der Waals surface area contributed by atoms with Crippen molar-refractivity contribution in [3.05, 3.63) is 77.2 Å². The van der Waals surface area contributed by atoms with Gasteiger partial charge in [0.25, 0.3) is 0 Å². The van der Waals surface area contributed by atoms with Crippen molar-refractivity contribution >= 4 is 55.7 Å². The number of halogens is 1. The second kappa shape index (κ2) is 5.38. The van der Waals surface area contributed by atoms with Crippen LogP contribution in [0.1, 0.15) is 11.1 Å². The van der Waals surface area contributed by atoms with Crippen molar-refractivity contribution in [2.45, 2.75) is 6.42 Å². The minimum absolute atomic E-state index is 0.726. The van der Waals surface area contributed by atoms with E-state index >= 15 is 0 Å². The van der Waals surface area contributed by atoms with Crippen molar-refractivity contribution in [1.29, 1.82) is 0 Å². The lowest BCUT2D eigenvalue weighted by Crippen LogP contribution is -1.99. The maximum atomic E-state index is 6.23. The van der Waals surface area contributed by atoms with Crippen LogP contribution in [0.4, 0.5) is 5.69 Å². The van der Waals surface area contributed by atoms with E-state index in [0.717, 1.165) is 61.1 Å². The number of nitrogens with one attached hydrogen (secondary N) is 1. The number of H-pyrrole nitrogens is 1. The Morgan fingerprint density at radius 3 is 2.52 bits per heavy atom. The third-order valence-corrected chi connectivity index (χ3v) is 5.49. The second-order valence-corrected chi connectivity index (χ2v) is 7.19. The number of aromatic nitrogens is 3. The van der Waals surface area contributed by atoms with Crippen LogP contribution in [0.2, 0.25) is 5.02 Å². The van der Waals surface area contributed by atoms with Crippen molar-refractivity contribution in [3.63, 3.8) is 0 Å². The van der Waals surface area contributed by atoms with Crippen LogP contribution in [-0.2, 0) is 6.42 Å². The van der Waals surface area contributed by atoms with Gasteiger partial charge in [-0.2, -0.15) is 0 Å². The first-order chi connectivity index (χ1) is 13.3. The monoisotopic (exact) mass is 368 g/mol. The largest absolute Gasteiger partial charge is 0.360 e. The molecule has 4 heterocycles. The summed E-state index contributed by atoms with van der Waals surface area (Å²) in [5, 5.41) is 3.99. The number of benzene rings is 2. The van der Waals surface area contributed by atoms with Gasteiger partial charge < -0.3 is 4.98 Å². The smallest absolute Gasteiger partial charge is 0.0986 e. The summed E-state index contributed by atoms with van der Waals surface area (Å²) in [5.41, 5.74) is 7.25. The van der Waals surface area contributed by atoms with Crippen LogP contribution in [0, 0.1) is 0 Å². The quantitative estimate of drug-likeness (QED) is 0.392. The summed E-state index contributed by atoms with van der Waals surface area (Å²) in [6.45, 7) is 0. The molecule has 5 aromatic rings. The van der Waals surface area contributed by atoms with Crippen LogP contribution in [0.15, 0.2) is 66.0 Å². The fourth-order valence-corrected chi connectivity index (χ4v) is 4.22. The van der Waals surface area contributed by atoms with Crippen molar-refractivity contribution in [2.24, 2.45) is 4.99 Å². The molecular weight excluding hydrogens is 356 g/mol. The lowest BCUT2D eigenvalue weighted by atomic mass is 9.98. The molecule has 5 heteroatoms. The lowest BCUT2D eigenvalue weighted by molar-refractivity contribution is 1.35. The van der Waals surface area contributed by atoms with E-state index in [1.54, 1.807) is 0 Å². The number of aromatic amines is 1. The molecule has 0 saturated heterocycles. The van der Waals surface area contributed by atoms with Gasteiger partial charge in [-0.1, -0.05) is 17.7 Å². The Balaban J connectivity index is 1.65. The Hall–Kier alpha value is -3.24. The van der Waals surface area contributed by atoms with E-state index in [-0.39, 0.29) is 0 Å². The number of rotatable bonds is 1. The van der Waals surface area contributed by atoms with E-state index in [4.69, 9.17) is 16.6 Å². The van der Waals surface area contributed by atoms with E-state index in [1.807, 2.05) is 48.9 Å². The standard InChI is InChI=1S/C22H13ClN4/c23-12-5-6-18-15(9-12)17(11-26-18)19-10-16-13-3-1-7-24-21(13)22-14(20(16)27-19)4-2-8-25-22/h1-9,11,26H,10H2. The van der Waals surface area contributed by atoms with Crippen molar-refractivity contribution < 1.29 is 0 Å². The van der Waals surface area contributed by atoms with Gasteiger partial charge in [-0.05, 0) is 42.0 Å². The molecule has 0 fully saturated rings. The predicted molar refractivity (Wildman–Crippen MR) is 110 cm³/mol. The molecule has 4 nitrogen and oxygen atoms in total. The van der Waals surface area contributed by atoms with Gasteiger partial charge in [-0.3, -0.25) is 15.0 Å². The van der Waals surface area contributed by atoms with Gasteiger partial charge in [0.15, 0.2) is 0 Å². The first-order valence-corrected chi connectivity index (χ1v) is 9.16. The van der Waals surface area contributed by atoms with Crippen LogP contribution in [-0.4, -0.2) is 20.7 Å². The van der Waals surface area contributed by atoms with E-state index in [2.05, 4.69) is 27.1 Å². The van der Waals surface area contributed by atoms with Gasteiger partial charge in [-0.15, -0.1) is 0 Å². The zero-order valence-corrected chi connectivity index (χ0v) is 15.0. The van der Waals surface area contributed by atoms with E-state index in [0.29, 0.717) is 0 Å².